The van der Waals surface area contributed by atoms with Crippen LogP contribution in [0.5, 0.6) is 0 Å². The van der Waals surface area contributed by atoms with Gasteiger partial charge in [-0.05, 0) is 43.4 Å². The minimum absolute atomic E-state index is 0.0300. The number of hydrogen-bond acceptors (Lipinski definition) is 4. The fraction of sp³-hybridized carbons (Fsp3) is 0.214. The van der Waals surface area contributed by atoms with E-state index >= 15 is 0 Å². The number of anilines is 1. The molecule has 0 radical (unpaired) electrons. The lowest BCUT2D eigenvalue weighted by atomic mass is 10.2. The Morgan fingerprint density at radius 3 is 2.50 bits per heavy atom. The Balaban J connectivity index is 2.47. The van der Waals surface area contributed by atoms with Crippen molar-refractivity contribution in [2.75, 3.05) is 11.9 Å². The Hall–Kier alpha value is -2.62. The molecular weight excluding hydrogens is 345 g/mol. The predicted octanol–water partition coefficient (Wildman–Crippen LogP) is 2.72. The number of ether oxygens (including phenoxy) is 1. The number of esters is 1. The van der Waals surface area contributed by atoms with E-state index in [0.29, 0.717) is 10.4 Å². The SMILES string of the molecule is CCOC(=O)c1cnn(-c2ccc(NC(N)=S)cc2)c1C(F)(F)F. The number of alkyl halides is 3. The van der Waals surface area contributed by atoms with Crippen LogP contribution in [0.25, 0.3) is 5.69 Å². The first-order valence-electron chi connectivity index (χ1n) is 6.73. The molecule has 0 spiro atoms. The zero-order valence-electron chi connectivity index (χ0n) is 12.4. The van der Waals surface area contributed by atoms with Gasteiger partial charge in [-0.3, -0.25) is 0 Å². The van der Waals surface area contributed by atoms with Gasteiger partial charge in [0.15, 0.2) is 10.8 Å². The van der Waals surface area contributed by atoms with Gasteiger partial charge in [0, 0.05) is 5.69 Å². The highest BCUT2D eigenvalue weighted by molar-refractivity contribution is 7.80. The first kappa shape index (κ1) is 17.7. The topological polar surface area (TPSA) is 82.2 Å². The summed E-state index contributed by atoms with van der Waals surface area (Å²) >= 11 is 4.68. The summed E-state index contributed by atoms with van der Waals surface area (Å²) in [4.78, 5) is 11.7. The van der Waals surface area contributed by atoms with Gasteiger partial charge in [-0.15, -0.1) is 0 Å². The first-order valence-corrected chi connectivity index (χ1v) is 7.14. The minimum Gasteiger partial charge on any atom is -0.462 e. The van der Waals surface area contributed by atoms with E-state index in [1.165, 1.54) is 31.2 Å². The molecule has 0 aliphatic carbocycles. The number of rotatable bonds is 4. The summed E-state index contributed by atoms with van der Waals surface area (Å²) < 4.78 is 45.4. The molecule has 24 heavy (non-hydrogen) atoms. The molecule has 0 aliphatic rings. The molecule has 2 rings (SSSR count). The summed E-state index contributed by atoms with van der Waals surface area (Å²) in [5, 5.41) is 6.35. The molecule has 0 saturated heterocycles. The third-order valence-electron chi connectivity index (χ3n) is 2.91. The smallest absolute Gasteiger partial charge is 0.434 e. The fourth-order valence-electron chi connectivity index (χ4n) is 2.00. The van der Waals surface area contributed by atoms with Gasteiger partial charge in [0.1, 0.15) is 5.56 Å². The number of carbonyl (C=O) groups is 1. The summed E-state index contributed by atoms with van der Waals surface area (Å²) in [6, 6.07) is 5.75. The molecule has 0 aliphatic heterocycles. The number of thiocarbonyl (C=S) groups is 1. The lowest BCUT2D eigenvalue weighted by molar-refractivity contribution is -0.143. The zero-order valence-corrected chi connectivity index (χ0v) is 13.2. The van der Waals surface area contributed by atoms with Crippen molar-refractivity contribution in [3.63, 3.8) is 0 Å². The highest BCUT2D eigenvalue weighted by atomic mass is 32.1. The Morgan fingerprint density at radius 2 is 2.00 bits per heavy atom. The second-order valence-electron chi connectivity index (χ2n) is 4.57. The molecule has 3 N–H and O–H groups in total. The van der Waals surface area contributed by atoms with E-state index in [1.54, 1.807) is 0 Å². The van der Waals surface area contributed by atoms with E-state index in [9.17, 15) is 18.0 Å². The van der Waals surface area contributed by atoms with Crippen molar-refractivity contribution < 1.29 is 22.7 Å². The summed E-state index contributed by atoms with van der Waals surface area (Å²) in [5.74, 6) is -1.08. The molecular formula is C14H13F3N4O2S. The summed E-state index contributed by atoms with van der Waals surface area (Å²) in [6.07, 6.45) is -3.95. The van der Waals surface area contributed by atoms with Gasteiger partial charge in [0.2, 0.25) is 0 Å². The molecule has 2 aromatic rings. The van der Waals surface area contributed by atoms with Gasteiger partial charge < -0.3 is 15.8 Å². The van der Waals surface area contributed by atoms with Crippen LogP contribution in [0.4, 0.5) is 18.9 Å². The second kappa shape index (κ2) is 6.87. The van der Waals surface area contributed by atoms with Crippen molar-refractivity contribution in [2.24, 2.45) is 5.73 Å². The van der Waals surface area contributed by atoms with Crippen LogP contribution in [0.1, 0.15) is 23.0 Å². The lowest BCUT2D eigenvalue weighted by Crippen LogP contribution is -2.19. The molecule has 0 amide bonds. The molecule has 0 atom stereocenters. The maximum atomic E-state index is 13.4. The van der Waals surface area contributed by atoms with Crippen LogP contribution in [0.15, 0.2) is 30.5 Å². The summed E-state index contributed by atoms with van der Waals surface area (Å²) in [7, 11) is 0. The molecule has 1 aromatic heterocycles. The number of nitrogens with zero attached hydrogens (tertiary/aromatic N) is 2. The standard InChI is InChI=1S/C14H13F3N4O2S/c1-2-23-12(22)10-7-19-21(11(10)14(15,16)17)9-5-3-8(4-6-9)20-13(18)24/h3-7H,2H2,1H3,(H3,18,20,24). The normalized spacial score (nSPS) is 11.2. The number of carbonyl (C=O) groups excluding carboxylic acids is 1. The third-order valence-corrected chi connectivity index (χ3v) is 3.01. The monoisotopic (exact) mass is 358 g/mol. The van der Waals surface area contributed by atoms with Crippen LogP contribution < -0.4 is 11.1 Å². The van der Waals surface area contributed by atoms with Crippen LogP contribution >= 0.6 is 12.2 Å². The van der Waals surface area contributed by atoms with E-state index in [0.717, 1.165) is 6.20 Å². The van der Waals surface area contributed by atoms with E-state index in [-0.39, 0.29) is 17.4 Å². The predicted molar refractivity (Wildman–Crippen MR) is 84.9 cm³/mol. The van der Waals surface area contributed by atoms with Gasteiger partial charge in [0.25, 0.3) is 0 Å². The number of nitrogens with one attached hydrogen (secondary N) is 1. The zero-order chi connectivity index (χ0) is 17.9. The maximum absolute atomic E-state index is 13.4. The quantitative estimate of drug-likeness (QED) is 0.646. The van der Waals surface area contributed by atoms with Crippen LogP contribution in [0.2, 0.25) is 0 Å². The second-order valence-corrected chi connectivity index (χ2v) is 5.01. The maximum Gasteiger partial charge on any atom is 0.434 e. The number of halogens is 3. The van der Waals surface area contributed by atoms with Crippen molar-refractivity contribution in [3.8, 4) is 5.69 Å². The van der Waals surface area contributed by atoms with Gasteiger partial charge >= 0.3 is 12.1 Å². The van der Waals surface area contributed by atoms with Gasteiger partial charge in [-0.2, -0.15) is 18.3 Å². The van der Waals surface area contributed by atoms with Crippen molar-refractivity contribution >= 4 is 29.0 Å². The Bertz CT molecular complexity index is 756. The largest absolute Gasteiger partial charge is 0.462 e. The van der Waals surface area contributed by atoms with Crippen molar-refractivity contribution in [1.29, 1.82) is 0 Å². The van der Waals surface area contributed by atoms with Crippen molar-refractivity contribution in [3.05, 3.63) is 41.7 Å². The Morgan fingerprint density at radius 1 is 1.38 bits per heavy atom. The molecule has 128 valence electrons. The third kappa shape index (κ3) is 3.82. The lowest BCUT2D eigenvalue weighted by Gasteiger charge is -2.13. The van der Waals surface area contributed by atoms with E-state index in [2.05, 4.69) is 27.4 Å². The summed E-state index contributed by atoms with van der Waals surface area (Å²) in [6.45, 7) is 1.46. The van der Waals surface area contributed by atoms with E-state index in [1.807, 2.05) is 0 Å². The highest BCUT2D eigenvalue weighted by Crippen LogP contribution is 2.34. The van der Waals surface area contributed by atoms with Gasteiger partial charge in [0.05, 0.1) is 18.5 Å². The molecule has 1 heterocycles. The fourth-order valence-corrected chi connectivity index (χ4v) is 2.12. The van der Waals surface area contributed by atoms with E-state index in [4.69, 9.17) is 5.73 Å². The Labute approximate surface area is 140 Å². The average molecular weight is 358 g/mol. The van der Waals surface area contributed by atoms with Crippen LogP contribution in [0.3, 0.4) is 0 Å². The Kier molecular flexibility index (Phi) is 5.07. The highest BCUT2D eigenvalue weighted by Gasteiger charge is 2.41. The minimum atomic E-state index is -4.78. The number of benzene rings is 1. The van der Waals surface area contributed by atoms with E-state index < -0.39 is 23.4 Å². The number of nitrogens with two attached hydrogens (primary N) is 1. The van der Waals surface area contributed by atoms with Gasteiger partial charge in [-0.1, -0.05) is 0 Å². The molecule has 0 bridgehead atoms. The average Bonchev–Trinajstić information content (AvgIpc) is 2.93. The van der Waals surface area contributed by atoms with Crippen LogP contribution in [0, 0.1) is 0 Å². The first-order chi connectivity index (χ1) is 11.2. The molecule has 0 saturated carbocycles. The van der Waals surface area contributed by atoms with Gasteiger partial charge in [-0.25, -0.2) is 9.48 Å². The molecule has 6 nitrogen and oxygen atoms in total. The van der Waals surface area contributed by atoms with Crippen molar-refractivity contribution in [2.45, 2.75) is 13.1 Å². The molecule has 10 heteroatoms. The van der Waals surface area contributed by atoms with Crippen LogP contribution in [-0.4, -0.2) is 27.5 Å². The molecule has 0 unspecified atom stereocenters. The number of hydrogen-bond donors (Lipinski definition) is 2. The molecule has 1 aromatic carbocycles. The number of aromatic nitrogens is 2. The summed E-state index contributed by atoms with van der Waals surface area (Å²) in [5.41, 5.74) is 4.11. The van der Waals surface area contributed by atoms with Crippen molar-refractivity contribution in [1.82, 2.24) is 9.78 Å². The molecule has 0 fully saturated rings. The van der Waals surface area contributed by atoms with Crippen LogP contribution in [-0.2, 0) is 10.9 Å².